The fourth-order valence-corrected chi connectivity index (χ4v) is 5.85. The number of fused-ring (bicyclic) bond motifs is 1. The summed E-state index contributed by atoms with van der Waals surface area (Å²) in [6, 6.07) is 11.8. The zero-order valence-electron chi connectivity index (χ0n) is 21.6. The molecular weight excluding hydrogens is 468 g/mol. The Hall–Kier alpha value is -3.30. The Labute approximate surface area is 217 Å². The molecule has 2 saturated heterocycles. The molecule has 37 heavy (non-hydrogen) atoms. The summed E-state index contributed by atoms with van der Waals surface area (Å²) in [7, 11) is 1.64. The smallest absolute Gasteiger partial charge is 0.251 e. The topological polar surface area (TPSA) is 92.7 Å². The molecule has 3 aliphatic rings. The lowest BCUT2D eigenvalue weighted by atomic mass is 10.00. The molecule has 194 valence electrons. The number of carbonyl (C=O) groups is 1. The highest BCUT2D eigenvalue weighted by atomic mass is 16.5. The molecule has 1 aromatic carbocycles. The van der Waals surface area contributed by atoms with Gasteiger partial charge in [-0.3, -0.25) is 4.79 Å². The molecule has 4 heterocycles. The molecule has 9 nitrogen and oxygen atoms in total. The maximum Gasteiger partial charge on any atom is 0.251 e. The second kappa shape index (κ2) is 9.87. The Bertz CT molecular complexity index is 1310. The van der Waals surface area contributed by atoms with Crippen molar-refractivity contribution < 1.29 is 14.3 Å². The van der Waals surface area contributed by atoms with Gasteiger partial charge >= 0.3 is 0 Å². The van der Waals surface area contributed by atoms with Crippen LogP contribution in [0.3, 0.4) is 0 Å². The van der Waals surface area contributed by atoms with Gasteiger partial charge in [0.05, 0.1) is 42.5 Å². The first-order valence-electron chi connectivity index (χ1n) is 13.3. The fraction of sp³-hybridized carbons (Fsp3) is 0.500. The number of pyridine rings is 1. The van der Waals surface area contributed by atoms with E-state index in [-0.39, 0.29) is 17.6 Å². The first-order chi connectivity index (χ1) is 18.0. The summed E-state index contributed by atoms with van der Waals surface area (Å²) in [6.45, 7) is 6.54. The zero-order valence-corrected chi connectivity index (χ0v) is 21.6. The molecule has 1 atom stereocenters. The van der Waals surface area contributed by atoms with E-state index in [2.05, 4.69) is 28.1 Å². The summed E-state index contributed by atoms with van der Waals surface area (Å²) >= 11 is 0. The molecule has 1 aliphatic carbocycles. The molecular formula is C28H34N6O3. The van der Waals surface area contributed by atoms with Gasteiger partial charge in [-0.15, -0.1) is 0 Å². The van der Waals surface area contributed by atoms with Gasteiger partial charge in [0.15, 0.2) is 5.65 Å². The average Bonchev–Trinajstić information content (AvgIpc) is 3.39. The van der Waals surface area contributed by atoms with Crippen molar-refractivity contribution in [2.24, 2.45) is 0 Å². The van der Waals surface area contributed by atoms with Gasteiger partial charge in [-0.05, 0) is 44.0 Å². The van der Waals surface area contributed by atoms with Crippen LogP contribution in [0.25, 0.3) is 22.3 Å². The number of hydrogen-bond donors (Lipinski definition) is 1. The van der Waals surface area contributed by atoms with E-state index in [0.29, 0.717) is 37.0 Å². The van der Waals surface area contributed by atoms with Crippen molar-refractivity contribution in [1.82, 2.24) is 20.3 Å². The number of ether oxygens (including phenoxy) is 2. The second-order valence-electron chi connectivity index (χ2n) is 10.4. The molecule has 1 N–H and O–H groups in total. The lowest BCUT2D eigenvalue weighted by Crippen LogP contribution is -2.51. The number of aromatic nitrogens is 3. The minimum atomic E-state index is -0.121. The minimum absolute atomic E-state index is 0.0848. The molecule has 0 unspecified atom stereocenters. The Morgan fingerprint density at radius 1 is 1.08 bits per heavy atom. The van der Waals surface area contributed by atoms with Crippen molar-refractivity contribution in [2.75, 3.05) is 56.3 Å². The van der Waals surface area contributed by atoms with Gasteiger partial charge in [0.1, 0.15) is 5.82 Å². The number of anilines is 2. The molecule has 2 aromatic heterocycles. The van der Waals surface area contributed by atoms with Gasteiger partial charge in [-0.2, -0.15) is 9.97 Å². The van der Waals surface area contributed by atoms with E-state index in [1.807, 2.05) is 24.3 Å². The zero-order chi connectivity index (χ0) is 25.4. The molecule has 0 radical (unpaired) electrons. The van der Waals surface area contributed by atoms with Gasteiger partial charge in [0.2, 0.25) is 5.95 Å². The summed E-state index contributed by atoms with van der Waals surface area (Å²) in [6.07, 6.45) is 4.61. The third-order valence-corrected chi connectivity index (χ3v) is 7.86. The molecule has 1 saturated carbocycles. The van der Waals surface area contributed by atoms with E-state index in [0.717, 1.165) is 54.9 Å². The van der Waals surface area contributed by atoms with Crippen LogP contribution in [0.15, 0.2) is 36.4 Å². The molecule has 2 aliphatic heterocycles. The van der Waals surface area contributed by atoms with Gasteiger partial charge in [-0.1, -0.05) is 25.0 Å². The van der Waals surface area contributed by atoms with E-state index in [1.165, 1.54) is 12.8 Å². The third kappa shape index (κ3) is 4.62. The standard InChI is InChI=1S/C28H34N6O3/c1-19-17-36-14-13-34(19)25-22-8-9-23(20-6-5-7-21(16-20)26(35)29-2)30-24(22)31-27(32-25)33-12-15-37-28(18-33)10-3-4-11-28/h5-9,16,19H,3-4,10-15,17-18H2,1-2H3,(H,29,35)/t19-/m0/s1. The number of morpholine rings is 2. The number of amides is 1. The van der Waals surface area contributed by atoms with Crippen LogP contribution in [-0.4, -0.2) is 79.0 Å². The fourth-order valence-electron chi connectivity index (χ4n) is 5.85. The second-order valence-corrected chi connectivity index (χ2v) is 10.4. The number of hydrogen-bond acceptors (Lipinski definition) is 8. The van der Waals surface area contributed by atoms with E-state index in [9.17, 15) is 4.79 Å². The Morgan fingerprint density at radius 3 is 2.76 bits per heavy atom. The SMILES string of the molecule is CNC(=O)c1cccc(-c2ccc3c(N4CCOC[C@@H]4C)nc(N4CCOC5(CCCC5)C4)nc3n2)c1. The average molecular weight is 503 g/mol. The van der Waals surface area contributed by atoms with E-state index < -0.39 is 0 Å². The molecule has 1 spiro atoms. The Balaban J connectivity index is 1.44. The largest absolute Gasteiger partial charge is 0.377 e. The molecule has 1 amide bonds. The highest BCUT2D eigenvalue weighted by Crippen LogP contribution is 2.38. The van der Waals surface area contributed by atoms with Crippen LogP contribution in [0.1, 0.15) is 43.0 Å². The summed E-state index contributed by atoms with van der Waals surface area (Å²) in [5, 5.41) is 3.61. The van der Waals surface area contributed by atoms with E-state index >= 15 is 0 Å². The maximum absolute atomic E-state index is 12.2. The predicted molar refractivity (Wildman–Crippen MR) is 143 cm³/mol. The maximum atomic E-state index is 12.2. The van der Waals surface area contributed by atoms with Crippen LogP contribution in [0.5, 0.6) is 0 Å². The van der Waals surface area contributed by atoms with Crippen molar-refractivity contribution >= 4 is 28.7 Å². The summed E-state index contributed by atoms with van der Waals surface area (Å²) < 4.78 is 12.0. The summed E-state index contributed by atoms with van der Waals surface area (Å²) in [5.41, 5.74) is 2.83. The van der Waals surface area contributed by atoms with Crippen molar-refractivity contribution in [3.8, 4) is 11.3 Å². The van der Waals surface area contributed by atoms with E-state index in [4.69, 9.17) is 24.4 Å². The molecule has 3 fully saturated rings. The third-order valence-electron chi connectivity index (χ3n) is 7.86. The normalized spacial score (nSPS) is 21.5. The summed E-state index contributed by atoms with van der Waals surface area (Å²) in [4.78, 5) is 31.9. The van der Waals surface area contributed by atoms with Crippen molar-refractivity contribution in [1.29, 1.82) is 0 Å². The first-order valence-corrected chi connectivity index (χ1v) is 13.3. The highest BCUT2D eigenvalue weighted by molar-refractivity contribution is 5.95. The molecule has 0 bridgehead atoms. The summed E-state index contributed by atoms with van der Waals surface area (Å²) in [5.74, 6) is 1.49. The number of nitrogens with zero attached hydrogens (tertiary/aromatic N) is 5. The number of nitrogens with one attached hydrogen (secondary N) is 1. The molecule has 3 aromatic rings. The Morgan fingerprint density at radius 2 is 1.95 bits per heavy atom. The molecule has 9 heteroatoms. The number of benzene rings is 1. The number of carbonyl (C=O) groups excluding carboxylic acids is 1. The van der Waals surface area contributed by atoms with Crippen LogP contribution >= 0.6 is 0 Å². The van der Waals surface area contributed by atoms with Crippen LogP contribution in [-0.2, 0) is 9.47 Å². The van der Waals surface area contributed by atoms with Crippen LogP contribution in [0.4, 0.5) is 11.8 Å². The van der Waals surface area contributed by atoms with Crippen molar-refractivity contribution in [2.45, 2.75) is 44.2 Å². The van der Waals surface area contributed by atoms with E-state index in [1.54, 1.807) is 13.1 Å². The first kappa shape index (κ1) is 24.1. The van der Waals surface area contributed by atoms with Crippen molar-refractivity contribution in [3.63, 3.8) is 0 Å². The van der Waals surface area contributed by atoms with Crippen LogP contribution < -0.4 is 15.1 Å². The monoisotopic (exact) mass is 502 g/mol. The van der Waals surface area contributed by atoms with Gasteiger partial charge < -0.3 is 24.6 Å². The number of rotatable bonds is 4. The van der Waals surface area contributed by atoms with Gasteiger partial charge in [0.25, 0.3) is 5.91 Å². The van der Waals surface area contributed by atoms with Crippen LogP contribution in [0, 0.1) is 0 Å². The van der Waals surface area contributed by atoms with Gasteiger partial charge in [-0.25, -0.2) is 4.98 Å². The Kier molecular flexibility index (Phi) is 6.42. The predicted octanol–water partition coefficient (Wildman–Crippen LogP) is 3.43. The van der Waals surface area contributed by atoms with Crippen molar-refractivity contribution in [3.05, 3.63) is 42.0 Å². The highest BCUT2D eigenvalue weighted by Gasteiger charge is 2.40. The van der Waals surface area contributed by atoms with Gasteiger partial charge in [0, 0.05) is 37.8 Å². The minimum Gasteiger partial charge on any atom is -0.377 e. The van der Waals surface area contributed by atoms with Crippen LogP contribution in [0.2, 0.25) is 0 Å². The quantitative estimate of drug-likeness (QED) is 0.580. The lowest BCUT2D eigenvalue weighted by molar-refractivity contribution is -0.0505. The lowest BCUT2D eigenvalue weighted by Gasteiger charge is -2.41. The molecule has 6 rings (SSSR count).